The van der Waals surface area contributed by atoms with E-state index in [2.05, 4.69) is 11.6 Å². The number of carbonyl (C=O) groups excluding carboxylic acids is 1. The van der Waals surface area contributed by atoms with Crippen LogP contribution in [-0.2, 0) is 10.0 Å². The fourth-order valence-electron chi connectivity index (χ4n) is 2.50. The molecule has 0 bridgehead atoms. The van der Waals surface area contributed by atoms with E-state index in [9.17, 15) is 13.2 Å². The number of nitrogens with zero attached hydrogens (tertiary/aromatic N) is 1. The largest absolute Gasteiger partial charge is 0.338 e. The molecule has 0 spiro atoms. The fraction of sp³-hybridized carbons (Fsp3) is 0.500. The van der Waals surface area contributed by atoms with Gasteiger partial charge in [-0.05, 0) is 44.0 Å². The molecule has 1 atom stereocenters. The van der Waals surface area contributed by atoms with Crippen LogP contribution in [0, 0.1) is 5.92 Å². The number of sulfonamides is 1. The van der Waals surface area contributed by atoms with Crippen LogP contribution in [0.2, 0.25) is 5.02 Å². The van der Waals surface area contributed by atoms with Gasteiger partial charge in [0.1, 0.15) is 0 Å². The zero-order valence-electron chi connectivity index (χ0n) is 12.1. The highest BCUT2D eigenvalue weighted by atomic mass is 35.5. The molecule has 1 fully saturated rings. The van der Waals surface area contributed by atoms with Crippen molar-refractivity contribution in [2.75, 3.05) is 20.1 Å². The van der Waals surface area contributed by atoms with Crippen LogP contribution < -0.4 is 4.72 Å². The summed E-state index contributed by atoms with van der Waals surface area (Å²) in [6.07, 6.45) is 2.06. The van der Waals surface area contributed by atoms with E-state index in [0.29, 0.717) is 19.0 Å². The Labute approximate surface area is 130 Å². The second-order valence-electron chi connectivity index (χ2n) is 5.35. The molecule has 1 aromatic rings. The van der Waals surface area contributed by atoms with E-state index in [-0.39, 0.29) is 21.4 Å². The SMILES string of the molecule is CNS(=O)(=O)c1ccc(Cl)c(C(=O)N2CCCC(C)C2)c1. The smallest absolute Gasteiger partial charge is 0.255 e. The van der Waals surface area contributed by atoms with E-state index in [4.69, 9.17) is 11.6 Å². The number of amides is 1. The number of likely N-dealkylation sites (tertiary alicyclic amines) is 1. The molecule has 0 radical (unpaired) electrons. The molecule has 1 amide bonds. The lowest BCUT2D eigenvalue weighted by atomic mass is 9.99. The van der Waals surface area contributed by atoms with E-state index < -0.39 is 10.0 Å². The molecule has 0 saturated carbocycles. The number of hydrogen-bond acceptors (Lipinski definition) is 3. The molecule has 0 aliphatic carbocycles. The average Bonchev–Trinajstić information content (AvgIpc) is 2.47. The Morgan fingerprint density at radius 3 is 2.76 bits per heavy atom. The molecule has 1 unspecified atom stereocenters. The third kappa shape index (κ3) is 3.56. The van der Waals surface area contributed by atoms with Crippen molar-refractivity contribution in [1.29, 1.82) is 0 Å². The van der Waals surface area contributed by atoms with Crippen molar-refractivity contribution in [2.24, 2.45) is 5.92 Å². The van der Waals surface area contributed by atoms with E-state index in [1.54, 1.807) is 4.90 Å². The second-order valence-corrected chi connectivity index (χ2v) is 7.64. The van der Waals surface area contributed by atoms with Crippen molar-refractivity contribution in [3.63, 3.8) is 0 Å². The van der Waals surface area contributed by atoms with Crippen LogP contribution in [-0.4, -0.2) is 39.4 Å². The fourth-order valence-corrected chi connectivity index (χ4v) is 3.45. The zero-order valence-corrected chi connectivity index (χ0v) is 13.7. The normalized spacial score (nSPS) is 19.6. The molecule has 21 heavy (non-hydrogen) atoms. The maximum absolute atomic E-state index is 12.6. The molecule has 7 heteroatoms. The summed E-state index contributed by atoms with van der Waals surface area (Å²) >= 11 is 6.08. The van der Waals surface area contributed by atoms with Gasteiger partial charge >= 0.3 is 0 Å². The van der Waals surface area contributed by atoms with Gasteiger partial charge in [-0.25, -0.2) is 13.1 Å². The first-order chi connectivity index (χ1) is 9.85. The van der Waals surface area contributed by atoms with Crippen molar-refractivity contribution in [1.82, 2.24) is 9.62 Å². The number of hydrogen-bond donors (Lipinski definition) is 1. The summed E-state index contributed by atoms with van der Waals surface area (Å²) in [5, 5.41) is 0.272. The molecule has 1 aliphatic heterocycles. The molecule has 1 heterocycles. The van der Waals surface area contributed by atoms with Gasteiger partial charge in [0, 0.05) is 13.1 Å². The first-order valence-corrected chi connectivity index (χ1v) is 8.73. The Bertz CT molecular complexity index is 646. The molecule has 2 rings (SSSR count). The van der Waals surface area contributed by atoms with Gasteiger partial charge in [0.15, 0.2) is 0 Å². The Hall–Kier alpha value is -1.11. The number of rotatable bonds is 3. The Kier molecular flexibility index (Phi) is 4.91. The van der Waals surface area contributed by atoms with Crippen LogP contribution in [0.4, 0.5) is 0 Å². The minimum atomic E-state index is -3.59. The number of nitrogens with one attached hydrogen (secondary N) is 1. The lowest BCUT2D eigenvalue weighted by Crippen LogP contribution is -2.39. The summed E-state index contributed by atoms with van der Waals surface area (Å²) < 4.78 is 25.9. The summed E-state index contributed by atoms with van der Waals surface area (Å²) in [5.41, 5.74) is 0.238. The van der Waals surface area contributed by atoms with E-state index >= 15 is 0 Å². The quantitative estimate of drug-likeness (QED) is 0.923. The minimum absolute atomic E-state index is 0.0443. The third-order valence-electron chi connectivity index (χ3n) is 3.69. The van der Waals surface area contributed by atoms with Crippen LogP contribution in [0.1, 0.15) is 30.1 Å². The Morgan fingerprint density at radius 1 is 1.43 bits per heavy atom. The van der Waals surface area contributed by atoms with E-state index in [0.717, 1.165) is 12.8 Å². The average molecular weight is 331 g/mol. The second kappa shape index (κ2) is 6.34. The lowest BCUT2D eigenvalue weighted by molar-refractivity contribution is 0.0683. The molecule has 5 nitrogen and oxygen atoms in total. The van der Waals surface area contributed by atoms with Crippen molar-refractivity contribution >= 4 is 27.5 Å². The monoisotopic (exact) mass is 330 g/mol. The standard InChI is InChI=1S/C14H19ClN2O3S/c1-10-4-3-7-17(9-10)14(18)12-8-11(5-6-13(12)15)21(19,20)16-2/h5-6,8,10,16H,3-4,7,9H2,1-2H3. The molecular weight excluding hydrogens is 312 g/mol. The van der Waals surface area contributed by atoms with Crippen LogP contribution in [0.5, 0.6) is 0 Å². The van der Waals surface area contributed by atoms with Gasteiger partial charge in [0.2, 0.25) is 10.0 Å². The predicted molar refractivity (Wildman–Crippen MR) is 82.0 cm³/mol. The Morgan fingerprint density at radius 2 is 2.14 bits per heavy atom. The summed E-state index contributed by atoms with van der Waals surface area (Å²) in [7, 11) is -2.26. The van der Waals surface area contributed by atoms with Gasteiger partial charge in [-0.15, -0.1) is 0 Å². The van der Waals surface area contributed by atoms with E-state index in [1.165, 1.54) is 25.2 Å². The highest BCUT2D eigenvalue weighted by molar-refractivity contribution is 7.89. The van der Waals surface area contributed by atoms with Crippen molar-refractivity contribution < 1.29 is 13.2 Å². The summed E-state index contributed by atoms with van der Waals surface area (Å²) in [6.45, 7) is 3.46. The minimum Gasteiger partial charge on any atom is -0.338 e. The maximum Gasteiger partial charge on any atom is 0.255 e. The lowest BCUT2D eigenvalue weighted by Gasteiger charge is -2.31. The number of halogens is 1. The van der Waals surface area contributed by atoms with Gasteiger partial charge in [0.25, 0.3) is 5.91 Å². The van der Waals surface area contributed by atoms with Crippen molar-refractivity contribution in [2.45, 2.75) is 24.7 Å². The van der Waals surface area contributed by atoms with Gasteiger partial charge in [-0.2, -0.15) is 0 Å². The van der Waals surface area contributed by atoms with Crippen LogP contribution in [0.15, 0.2) is 23.1 Å². The molecule has 0 aromatic heterocycles. The predicted octanol–water partition coefficient (Wildman–Crippen LogP) is 2.12. The number of carbonyl (C=O) groups is 1. The summed E-state index contributed by atoms with van der Waals surface area (Å²) in [4.78, 5) is 14.3. The third-order valence-corrected chi connectivity index (χ3v) is 5.43. The molecule has 116 valence electrons. The van der Waals surface area contributed by atoms with Crippen molar-refractivity contribution in [3.05, 3.63) is 28.8 Å². The highest BCUT2D eigenvalue weighted by Gasteiger charge is 2.25. The van der Waals surface area contributed by atoms with Crippen molar-refractivity contribution in [3.8, 4) is 0 Å². The van der Waals surface area contributed by atoms with Crippen LogP contribution >= 0.6 is 11.6 Å². The summed E-state index contributed by atoms with van der Waals surface area (Å²) in [6, 6.07) is 4.19. The number of piperidine rings is 1. The van der Waals surface area contributed by atoms with E-state index in [1.807, 2.05) is 0 Å². The number of benzene rings is 1. The molecular formula is C14H19ClN2O3S. The molecule has 1 saturated heterocycles. The molecule has 1 aromatic carbocycles. The molecule has 1 N–H and O–H groups in total. The zero-order chi connectivity index (χ0) is 15.6. The first-order valence-electron chi connectivity index (χ1n) is 6.87. The maximum atomic E-state index is 12.6. The van der Waals surface area contributed by atoms with Gasteiger partial charge in [0.05, 0.1) is 15.5 Å². The molecule has 1 aliphatic rings. The van der Waals surface area contributed by atoms with Gasteiger partial charge in [-0.3, -0.25) is 4.79 Å². The van der Waals surface area contributed by atoms with Gasteiger partial charge in [-0.1, -0.05) is 18.5 Å². The Balaban J connectivity index is 2.34. The topological polar surface area (TPSA) is 66.5 Å². The summed E-state index contributed by atoms with van der Waals surface area (Å²) in [5.74, 6) is 0.241. The van der Waals surface area contributed by atoms with Crippen LogP contribution in [0.3, 0.4) is 0 Å². The first kappa shape index (κ1) is 16.3. The van der Waals surface area contributed by atoms with Crippen LogP contribution in [0.25, 0.3) is 0 Å². The van der Waals surface area contributed by atoms with Gasteiger partial charge < -0.3 is 4.90 Å². The highest BCUT2D eigenvalue weighted by Crippen LogP contribution is 2.24.